The van der Waals surface area contributed by atoms with E-state index < -0.39 is 28.7 Å². The summed E-state index contributed by atoms with van der Waals surface area (Å²) in [5.41, 5.74) is 1.86. The van der Waals surface area contributed by atoms with Gasteiger partial charge in [0, 0.05) is 18.3 Å². The van der Waals surface area contributed by atoms with Gasteiger partial charge in [-0.25, -0.2) is 21.2 Å². The third-order valence-electron chi connectivity index (χ3n) is 4.36. The van der Waals surface area contributed by atoms with Gasteiger partial charge >= 0.3 is 12.5 Å². The molecule has 0 aliphatic heterocycles. The molecule has 1 aliphatic carbocycles. The maximum Gasteiger partial charge on any atom is 0.416 e. The molecule has 1 atom stereocenters. The van der Waals surface area contributed by atoms with Crippen molar-refractivity contribution in [3.8, 4) is 0 Å². The highest BCUT2D eigenvalue weighted by molar-refractivity contribution is 7.90. The maximum atomic E-state index is 13.2. The van der Waals surface area contributed by atoms with E-state index in [9.17, 15) is 26.0 Å². The standard InChI is InChI=1S/C17H17F4NO3S/c1-11-2-6-14(7-3-11)26(23,24)22-9-8-12-4-5-13(10-15(12)22)25-17(20,21)16(18)19/h2-3,6-9,13,16H,4-5,10H2,1H3. The Labute approximate surface area is 148 Å². The third kappa shape index (κ3) is 3.50. The molecule has 0 saturated carbocycles. The molecule has 1 unspecified atom stereocenters. The number of aryl methyl sites for hydroxylation is 2. The van der Waals surface area contributed by atoms with Gasteiger partial charge in [0.15, 0.2) is 0 Å². The monoisotopic (exact) mass is 391 g/mol. The van der Waals surface area contributed by atoms with E-state index >= 15 is 0 Å². The summed E-state index contributed by atoms with van der Waals surface area (Å²) < 4.78 is 82.0. The van der Waals surface area contributed by atoms with E-state index in [0.29, 0.717) is 5.56 Å². The first kappa shape index (κ1) is 18.9. The van der Waals surface area contributed by atoms with E-state index in [0.717, 1.165) is 9.54 Å². The minimum Gasteiger partial charge on any atom is -0.312 e. The fourth-order valence-electron chi connectivity index (χ4n) is 2.99. The number of fused-ring (bicyclic) bond motifs is 1. The number of aromatic nitrogens is 1. The average molecular weight is 391 g/mol. The van der Waals surface area contributed by atoms with Gasteiger partial charge in [0.05, 0.1) is 11.0 Å². The molecule has 1 aromatic carbocycles. The number of hydrogen-bond acceptors (Lipinski definition) is 3. The van der Waals surface area contributed by atoms with Crippen molar-refractivity contribution in [3.63, 3.8) is 0 Å². The summed E-state index contributed by atoms with van der Waals surface area (Å²) in [5, 5.41) is 0. The van der Waals surface area contributed by atoms with Crippen molar-refractivity contribution >= 4 is 10.0 Å². The van der Waals surface area contributed by atoms with E-state index in [1.165, 1.54) is 18.3 Å². The summed E-state index contributed by atoms with van der Waals surface area (Å²) in [7, 11) is -3.91. The summed E-state index contributed by atoms with van der Waals surface area (Å²) in [6.07, 6.45) is -8.13. The molecule has 9 heteroatoms. The predicted molar refractivity (Wildman–Crippen MR) is 86.0 cm³/mol. The van der Waals surface area contributed by atoms with Crippen LogP contribution >= 0.6 is 0 Å². The first-order valence-corrected chi connectivity index (χ1v) is 9.40. The van der Waals surface area contributed by atoms with E-state index in [4.69, 9.17) is 0 Å². The molecule has 0 spiro atoms. The summed E-state index contributed by atoms with van der Waals surface area (Å²) >= 11 is 0. The maximum absolute atomic E-state index is 13.2. The lowest BCUT2D eigenvalue weighted by atomic mass is 9.95. The van der Waals surface area contributed by atoms with Crippen LogP contribution in [0.3, 0.4) is 0 Å². The highest BCUT2D eigenvalue weighted by Gasteiger charge is 2.45. The van der Waals surface area contributed by atoms with Crippen LogP contribution in [0.25, 0.3) is 0 Å². The second kappa shape index (κ2) is 6.70. The van der Waals surface area contributed by atoms with Crippen LogP contribution in [-0.4, -0.2) is 31.0 Å². The van der Waals surface area contributed by atoms with Crippen LogP contribution in [0.5, 0.6) is 0 Å². The molecule has 3 rings (SSSR count). The molecule has 0 radical (unpaired) electrons. The molecule has 0 N–H and O–H groups in total. The van der Waals surface area contributed by atoms with Crippen molar-refractivity contribution in [1.29, 1.82) is 0 Å². The Kier molecular flexibility index (Phi) is 4.87. The molecule has 0 fully saturated rings. The Morgan fingerprint density at radius 1 is 1.19 bits per heavy atom. The van der Waals surface area contributed by atoms with Crippen molar-refractivity contribution in [2.24, 2.45) is 0 Å². The summed E-state index contributed by atoms with van der Waals surface area (Å²) in [4.78, 5) is 0.0578. The largest absolute Gasteiger partial charge is 0.416 e. The van der Waals surface area contributed by atoms with Crippen LogP contribution in [0.1, 0.15) is 23.2 Å². The number of hydrogen-bond donors (Lipinski definition) is 0. The first-order chi connectivity index (χ1) is 12.1. The number of nitrogens with zero attached hydrogens (tertiary/aromatic N) is 1. The Morgan fingerprint density at radius 2 is 1.85 bits per heavy atom. The van der Waals surface area contributed by atoms with Crippen molar-refractivity contribution < 1.29 is 30.7 Å². The van der Waals surface area contributed by atoms with Gasteiger partial charge in [0.2, 0.25) is 0 Å². The molecular weight excluding hydrogens is 374 g/mol. The molecule has 2 aromatic rings. The number of rotatable bonds is 5. The van der Waals surface area contributed by atoms with Crippen molar-refractivity contribution in [2.75, 3.05) is 0 Å². The number of alkyl halides is 4. The van der Waals surface area contributed by atoms with E-state index in [1.54, 1.807) is 18.2 Å². The summed E-state index contributed by atoms with van der Waals surface area (Å²) in [6, 6.07) is 7.82. The number of benzene rings is 1. The van der Waals surface area contributed by atoms with E-state index in [2.05, 4.69) is 4.74 Å². The van der Waals surface area contributed by atoms with Crippen LogP contribution in [0, 0.1) is 6.92 Å². The topological polar surface area (TPSA) is 48.3 Å². The lowest BCUT2D eigenvalue weighted by Gasteiger charge is -2.27. The smallest absolute Gasteiger partial charge is 0.312 e. The van der Waals surface area contributed by atoms with E-state index in [1.807, 2.05) is 6.92 Å². The molecule has 4 nitrogen and oxygen atoms in total. The lowest BCUT2D eigenvalue weighted by Crippen LogP contribution is -2.37. The molecule has 0 amide bonds. The molecule has 142 valence electrons. The fourth-order valence-corrected chi connectivity index (χ4v) is 4.40. The minimum atomic E-state index is -4.56. The van der Waals surface area contributed by atoms with Gasteiger partial charge in [-0.15, -0.1) is 0 Å². The van der Waals surface area contributed by atoms with Gasteiger partial charge < -0.3 is 4.74 Å². The zero-order valence-electron chi connectivity index (χ0n) is 13.8. The molecule has 0 bridgehead atoms. The molecule has 1 aliphatic rings. The average Bonchev–Trinajstić information content (AvgIpc) is 2.98. The number of halogens is 4. The van der Waals surface area contributed by atoms with Gasteiger partial charge in [-0.05, 0) is 43.5 Å². The van der Waals surface area contributed by atoms with E-state index in [-0.39, 0.29) is 29.9 Å². The molecule has 0 saturated heterocycles. The van der Waals surface area contributed by atoms with Crippen LogP contribution in [0.15, 0.2) is 41.4 Å². The fraction of sp³-hybridized carbons (Fsp3) is 0.412. The SMILES string of the molecule is Cc1ccc(S(=O)(=O)n2ccc3c2CC(OC(F)(F)C(F)F)CC3)cc1. The minimum absolute atomic E-state index is 0.0578. The van der Waals surface area contributed by atoms with Crippen LogP contribution in [0.2, 0.25) is 0 Å². The number of ether oxygens (including phenoxy) is 1. The van der Waals surface area contributed by atoms with Gasteiger partial charge in [0.1, 0.15) is 0 Å². The summed E-state index contributed by atoms with van der Waals surface area (Å²) in [6.45, 7) is 1.82. The highest BCUT2D eigenvalue weighted by atomic mass is 32.2. The quantitative estimate of drug-likeness (QED) is 0.729. The molecular formula is C17H17F4NO3S. The van der Waals surface area contributed by atoms with Crippen LogP contribution < -0.4 is 0 Å². The normalized spacial score (nSPS) is 18.2. The second-order valence-corrected chi connectivity index (χ2v) is 8.06. The second-order valence-electron chi connectivity index (χ2n) is 6.25. The lowest BCUT2D eigenvalue weighted by molar-refractivity contribution is -0.319. The first-order valence-electron chi connectivity index (χ1n) is 7.96. The van der Waals surface area contributed by atoms with Gasteiger partial charge in [0.25, 0.3) is 10.0 Å². The zero-order chi connectivity index (χ0) is 19.1. The van der Waals surface area contributed by atoms with Crippen molar-refractivity contribution in [3.05, 3.63) is 53.3 Å². The van der Waals surface area contributed by atoms with Gasteiger partial charge in [-0.1, -0.05) is 17.7 Å². The van der Waals surface area contributed by atoms with Crippen molar-refractivity contribution in [2.45, 2.75) is 49.7 Å². The van der Waals surface area contributed by atoms with Crippen molar-refractivity contribution in [1.82, 2.24) is 3.97 Å². The van der Waals surface area contributed by atoms with Crippen LogP contribution in [-0.2, 0) is 27.6 Å². The Morgan fingerprint density at radius 3 is 2.46 bits per heavy atom. The van der Waals surface area contributed by atoms with Gasteiger partial charge in [-0.3, -0.25) is 0 Å². The predicted octanol–water partition coefficient (Wildman–Crippen LogP) is 3.77. The summed E-state index contributed by atoms with van der Waals surface area (Å²) in [5.74, 6) is 0. The molecule has 1 heterocycles. The Balaban J connectivity index is 1.90. The highest BCUT2D eigenvalue weighted by Crippen LogP contribution is 2.33. The van der Waals surface area contributed by atoms with Crippen LogP contribution in [0.4, 0.5) is 17.6 Å². The zero-order valence-corrected chi connectivity index (χ0v) is 14.6. The third-order valence-corrected chi connectivity index (χ3v) is 6.09. The Hall–Kier alpha value is -1.87. The van der Waals surface area contributed by atoms with Gasteiger partial charge in [-0.2, -0.15) is 8.78 Å². The molecule has 1 aromatic heterocycles. The Bertz CT molecular complexity index is 891. The molecule has 26 heavy (non-hydrogen) atoms.